The van der Waals surface area contributed by atoms with Gasteiger partial charge in [0.25, 0.3) is 5.91 Å². The Balaban J connectivity index is 2.03. The van der Waals surface area contributed by atoms with Crippen LogP contribution in [-0.2, 0) is 13.6 Å². The molecule has 0 radical (unpaired) electrons. The number of aromatic nitrogens is 2. The predicted octanol–water partition coefficient (Wildman–Crippen LogP) is 2.25. The lowest BCUT2D eigenvalue weighted by molar-refractivity contribution is 0.0950. The minimum Gasteiger partial charge on any atom is -0.348 e. The summed E-state index contributed by atoms with van der Waals surface area (Å²) in [5, 5.41) is 6.75. The van der Waals surface area contributed by atoms with Gasteiger partial charge in [0.15, 0.2) is 0 Å². The second-order valence-corrected chi connectivity index (χ2v) is 4.68. The van der Waals surface area contributed by atoms with Crippen molar-refractivity contribution in [2.45, 2.75) is 6.54 Å². The van der Waals surface area contributed by atoms with Crippen LogP contribution in [0.1, 0.15) is 15.9 Å². The molecule has 0 aliphatic heterocycles. The van der Waals surface area contributed by atoms with Crippen LogP contribution in [0.5, 0.6) is 0 Å². The highest BCUT2D eigenvalue weighted by atomic mass is 79.9. The SMILES string of the molecule is Cn1cc(CNC(=O)c2ccc(F)cc2Br)cn1. The van der Waals surface area contributed by atoms with Crippen molar-refractivity contribution in [2.75, 3.05) is 0 Å². The van der Waals surface area contributed by atoms with E-state index < -0.39 is 0 Å². The lowest BCUT2D eigenvalue weighted by Crippen LogP contribution is -2.23. The Morgan fingerprint density at radius 3 is 2.94 bits per heavy atom. The number of carbonyl (C=O) groups excluding carboxylic acids is 1. The van der Waals surface area contributed by atoms with Crippen LogP contribution < -0.4 is 5.32 Å². The first kappa shape index (κ1) is 12.8. The molecule has 1 amide bonds. The number of halogens is 2. The highest BCUT2D eigenvalue weighted by Crippen LogP contribution is 2.17. The van der Waals surface area contributed by atoms with E-state index in [4.69, 9.17) is 0 Å². The first-order chi connectivity index (χ1) is 8.56. The van der Waals surface area contributed by atoms with Crippen molar-refractivity contribution in [1.29, 1.82) is 0 Å². The van der Waals surface area contributed by atoms with Crippen molar-refractivity contribution in [3.8, 4) is 0 Å². The molecule has 2 aromatic rings. The molecule has 1 aromatic carbocycles. The third-order valence-corrected chi connectivity index (χ3v) is 3.04. The first-order valence-corrected chi connectivity index (χ1v) is 6.06. The van der Waals surface area contributed by atoms with Gasteiger partial charge in [-0.15, -0.1) is 0 Å². The number of hydrogen-bond acceptors (Lipinski definition) is 2. The van der Waals surface area contributed by atoms with Crippen molar-refractivity contribution in [3.05, 3.63) is 52.0 Å². The average Bonchev–Trinajstić information content (AvgIpc) is 2.72. The zero-order valence-corrected chi connectivity index (χ0v) is 11.2. The Bertz CT molecular complexity index is 582. The van der Waals surface area contributed by atoms with Crippen LogP contribution >= 0.6 is 15.9 Å². The van der Waals surface area contributed by atoms with Crippen LogP contribution in [0.4, 0.5) is 4.39 Å². The molecule has 0 fully saturated rings. The highest BCUT2D eigenvalue weighted by Gasteiger charge is 2.10. The van der Waals surface area contributed by atoms with E-state index in [1.54, 1.807) is 10.9 Å². The summed E-state index contributed by atoms with van der Waals surface area (Å²) in [7, 11) is 1.81. The maximum absolute atomic E-state index is 12.9. The minimum absolute atomic E-state index is 0.259. The molecule has 0 bridgehead atoms. The van der Waals surface area contributed by atoms with Crippen LogP contribution in [0.25, 0.3) is 0 Å². The van der Waals surface area contributed by atoms with Crippen molar-refractivity contribution in [2.24, 2.45) is 7.05 Å². The van der Waals surface area contributed by atoms with Gasteiger partial charge >= 0.3 is 0 Å². The van der Waals surface area contributed by atoms with Crippen molar-refractivity contribution >= 4 is 21.8 Å². The Morgan fingerprint density at radius 2 is 2.33 bits per heavy atom. The van der Waals surface area contributed by atoms with E-state index in [9.17, 15) is 9.18 Å². The number of nitrogens with one attached hydrogen (secondary N) is 1. The molecule has 6 heteroatoms. The summed E-state index contributed by atoms with van der Waals surface area (Å²) in [4.78, 5) is 11.9. The molecule has 94 valence electrons. The molecule has 1 heterocycles. The van der Waals surface area contributed by atoms with E-state index in [1.165, 1.54) is 18.2 Å². The van der Waals surface area contributed by atoms with Crippen LogP contribution in [0.3, 0.4) is 0 Å². The van der Waals surface area contributed by atoms with E-state index in [1.807, 2.05) is 13.2 Å². The average molecular weight is 312 g/mol. The van der Waals surface area contributed by atoms with Gasteiger partial charge in [-0.05, 0) is 34.1 Å². The molecule has 0 unspecified atom stereocenters. The summed E-state index contributed by atoms with van der Waals surface area (Å²) < 4.78 is 15.0. The molecule has 0 saturated heterocycles. The maximum Gasteiger partial charge on any atom is 0.252 e. The Morgan fingerprint density at radius 1 is 1.56 bits per heavy atom. The second-order valence-electron chi connectivity index (χ2n) is 3.83. The largest absolute Gasteiger partial charge is 0.348 e. The second kappa shape index (κ2) is 5.30. The Hall–Kier alpha value is -1.69. The molecule has 0 aliphatic rings. The number of amides is 1. The quantitative estimate of drug-likeness (QED) is 0.945. The molecule has 0 atom stereocenters. The third kappa shape index (κ3) is 2.95. The lowest BCUT2D eigenvalue weighted by atomic mass is 10.2. The Kier molecular flexibility index (Phi) is 3.76. The molecule has 0 spiro atoms. The minimum atomic E-state index is -0.384. The summed E-state index contributed by atoms with van der Waals surface area (Å²) in [5.41, 5.74) is 1.31. The first-order valence-electron chi connectivity index (χ1n) is 5.27. The van der Waals surface area contributed by atoms with E-state index in [-0.39, 0.29) is 11.7 Å². The molecular formula is C12H11BrFN3O. The zero-order valence-electron chi connectivity index (χ0n) is 9.65. The highest BCUT2D eigenvalue weighted by molar-refractivity contribution is 9.10. The zero-order chi connectivity index (χ0) is 13.1. The van der Waals surface area contributed by atoms with Crippen LogP contribution in [0, 0.1) is 5.82 Å². The number of benzene rings is 1. The topological polar surface area (TPSA) is 46.9 Å². The van der Waals surface area contributed by atoms with Gasteiger partial charge in [-0.25, -0.2) is 4.39 Å². The fraction of sp³-hybridized carbons (Fsp3) is 0.167. The molecule has 2 rings (SSSR count). The summed E-state index contributed by atoms with van der Waals surface area (Å²) >= 11 is 3.16. The maximum atomic E-state index is 12.9. The van der Waals surface area contributed by atoms with Gasteiger partial charge in [0.1, 0.15) is 5.82 Å². The summed E-state index contributed by atoms with van der Waals surface area (Å²) in [5.74, 6) is -0.642. The molecule has 0 saturated carbocycles. The third-order valence-electron chi connectivity index (χ3n) is 2.39. The van der Waals surface area contributed by atoms with Crippen LogP contribution in [-0.4, -0.2) is 15.7 Å². The number of hydrogen-bond donors (Lipinski definition) is 1. The van der Waals surface area contributed by atoms with Crippen LogP contribution in [0.15, 0.2) is 35.1 Å². The van der Waals surface area contributed by atoms with Gasteiger partial charge < -0.3 is 5.32 Å². The van der Waals surface area contributed by atoms with Crippen molar-refractivity contribution < 1.29 is 9.18 Å². The fourth-order valence-electron chi connectivity index (χ4n) is 1.51. The number of rotatable bonds is 3. The summed E-state index contributed by atoms with van der Waals surface area (Å²) in [6, 6.07) is 3.96. The molecule has 1 aromatic heterocycles. The number of carbonyl (C=O) groups is 1. The fourth-order valence-corrected chi connectivity index (χ4v) is 2.05. The number of nitrogens with zero attached hydrogens (tertiary/aromatic N) is 2. The lowest BCUT2D eigenvalue weighted by Gasteiger charge is -2.05. The molecule has 1 N–H and O–H groups in total. The predicted molar refractivity (Wildman–Crippen MR) is 68.5 cm³/mol. The smallest absolute Gasteiger partial charge is 0.252 e. The molecule has 4 nitrogen and oxygen atoms in total. The van der Waals surface area contributed by atoms with Gasteiger partial charge in [-0.3, -0.25) is 9.48 Å². The van der Waals surface area contributed by atoms with Crippen molar-refractivity contribution in [1.82, 2.24) is 15.1 Å². The van der Waals surface area contributed by atoms with E-state index in [0.29, 0.717) is 16.6 Å². The van der Waals surface area contributed by atoms with Gasteiger partial charge in [-0.2, -0.15) is 5.10 Å². The van der Waals surface area contributed by atoms with Gasteiger partial charge in [-0.1, -0.05) is 0 Å². The monoisotopic (exact) mass is 311 g/mol. The summed E-state index contributed by atoms with van der Waals surface area (Å²) in [6.45, 7) is 0.385. The van der Waals surface area contributed by atoms with Gasteiger partial charge in [0, 0.05) is 29.8 Å². The molecule has 18 heavy (non-hydrogen) atoms. The van der Waals surface area contributed by atoms with E-state index in [0.717, 1.165) is 5.56 Å². The normalized spacial score (nSPS) is 10.4. The van der Waals surface area contributed by atoms with E-state index >= 15 is 0 Å². The number of aryl methyl sites for hydroxylation is 1. The van der Waals surface area contributed by atoms with E-state index in [2.05, 4.69) is 26.3 Å². The van der Waals surface area contributed by atoms with Crippen LogP contribution in [0.2, 0.25) is 0 Å². The standard InChI is InChI=1S/C12H11BrFN3O/c1-17-7-8(6-16-17)5-15-12(18)10-3-2-9(14)4-11(10)13/h2-4,6-7H,5H2,1H3,(H,15,18). The van der Waals surface area contributed by atoms with Gasteiger partial charge in [0.2, 0.25) is 0 Å². The van der Waals surface area contributed by atoms with Gasteiger partial charge in [0.05, 0.1) is 11.8 Å². The Labute approximate surface area is 112 Å². The summed E-state index contributed by atoms with van der Waals surface area (Å²) in [6.07, 6.45) is 3.50. The molecular weight excluding hydrogens is 301 g/mol. The van der Waals surface area contributed by atoms with Crippen molar-refractivity contribution in [3.63, 3.8) is 0 Å². The molecule has 0 aliphatic carbocycles.